The minimum Gasteiger partial charge on any atom is -0.462 e. The molecule has 3 N–H and O–H groups in total. The van der Waals surface area contributed by atoms with Crippen molar-refractivity contribution < 1.29 is 24.5 Å². The number of aliphatic hydroxyl groups excluding tert-OH is 2. The van der Waals surface area contributed by atoms with Crippen LogP contribution in [0.3, 0.4) is 0 Å². The minimum atomic E-state index is -0.791. The van der Waals surface area contributed by atoms with Crippen LogP contribution in [0.4, 0.5) is 0 Å². The van der Waals surface area contributed by atoms with Gasteiger partial charge in [-0.15, -0.1) is 0 Å². The van der Waals surface area contributed by atoms with Crippen LogP contribution >= 0.6 is 0 Å². The Morgan fingerprint density at radius 2 is 0.797 bits per heavy atom. The highest BCUT2D eigenvalue weighted by Crippen LogP contribution is 2.18. The first-order chi connectivity index (χ1) is 31.5. The van der Waals surface area contributed by atoms with E-state index in [1.807, 2.05) is 0 Å². The first-order valence-corrected chi connectivity index (χ1v) is 28.2. The molecule has 0 aromatic heterocycles. The van der Waals surface area contributed by atoms with Crippen molar-refractivity contribution in [1.82, 2.24) is 5.32 Å². The topological polar surface area (TPSA) is 95.9 Å². The van der Waals surface area contributed by atoms with Gasteiger partial charge in [-0.25, -0.2) is 0 Å². The van der Waals surface area contributed by atoms with Crippen LogP contribution in [0.15, 0.2) is 36.5 Å². The number of carbonyl (C=O) groups is 2. The molecule has 0 aromatic rings. The first kappa shape index (κ1) is 62.1. The van der Waals surface area contributed by atoms with Gasteiger partial charge in [0.1, 0.15) is 6.10 Å². The third kappa shape index (κ3) is 46.6. The number of rotatable bonds is 51. The first-order valence-electron chi connectivity index (χ1n) is 28.2. The van der Waals surface area contributed by atoms with Crippen LogP contribution in [0.1, 0.15) is 297 Å². The molecule has 0 fully saturated rings. The molecule has 0 spiro atoms. The van der Waals surface area contributed by atoms with Crippen molar-refractivity contribution in [1.29, 1.82) is 0 Å². The molecule has 0 radical (unpaired) electrons. The Hall–Kier alpha value is -1.92. The Morgan fingerprint density at radius 1 is 0.453 bits per heavy atom. The molecule has 0 heterocycles. The molecule has 0 rings (SSSR count). The van der Waals surface area contributed by atoms with Gasteiger partial charge in [-0.2, -0.15) is 0 Å². The van der Waals surface area contributed by atoms with Crippen LogP contribution < -0.4 is 5.32 Å². The number of amides is 1. The van der Waals surface area contributed by atoms with Crippen LogP contribution in [-0.2, 0) is 14.3 Å². The molecule has 6 heteroatoms. The van der Waals surface area contributed by atoms with Crippen molar-refractivity contribution in [3.8, 4) is 0 Å². The van der Waals surface area contributed by atoms with E-state index in [4.69, 9.17) is 4.74 Å². The molecule has 0 bridgehead atoms. The summed E-state index contributed by atoms with van der Waals surface area (Å²) in [6, 6.07) is -0.705. The van der Waals surface area contributed by atoms with E-state index in [0.717, 1.165) is 64.2 Å². The molecular formula is C58H109NO5. The highest BCUT2D eigenvalue weighted by molar-refractivity contribution is 5.77. The van der Waals surface area contributed by atoms with Crippen LogP contribution in [0, 0.1) is 0 Å². The van der Waals surface area contributed by atoms with Gasteiger partial charge < -0.3 is 20.3 Å². The predicted octanol–water partition coefficient (Wildman–Crippen LogP) is 17.2. The fraction of sp³-hybridized carbons (Fsp3) is 0.862. The summed E-state index contributed by atoms with van der Waals surface area (Å²) in [5.74, 6) is -0.483. The number of hydrogen-bond donors (Lipinski definition) is 3. The monoisotopic (exact) mass is 900 g/mol. The lowest BCUT2D eigenvalue weighted by molar-refractivity contribution is -0.151. The van der Waals surface area contributed by atoms with Gasteiger partial charge in [0.05, 0.1) is 25.2 Å². The summed E-state index contributed by atoms with van der Waals surface area (Å²) in [6.45, 7) is 6.47. The van der Waals surface area contributed by atoms with Gasteiger partial charge in [-0.3, -0.25) is 9.59 Å². The number of nitrogens with one attached hydrogen (secondary N) is 1. The number of ether oxygens (including phenoxy) is 1. The Morgan fingerprint density at radius 3 is 1.23 bits per heavy atom. The van der Waals surface area contributed by atoms with Crippen molar-refractivity contribution >= 4 is 11.9 Å². The third-order valence-electron chi connectivity index (χ3n) is 13.0. The summed E-state index contributed by atoms with van der Waals surface area (Å²) in [4.78, 5) is 26.2. The summed E-state index contributed by atoms with van der Waals surface area (Å²) in [6.07, 6.45) is 62.0. The van der Waals surface area contributed by atoms with Crippen molar-refractivity contribution in [2.45, 2.75) is 315 Å². The van der Waals surface area contributed by atoms with Gasteiger partial charge in [-0.05, 0) is 77.0 Å². The van der Waals surface area contributed by atoms with E-state index in [1.54, 1.807) is 0 Å². The number of esters is 1. The summed E-state index contributed by atoms with van der Waals surface area (Å²) in [7, 11) is 0. The molecule has 6 nitrogen and oxygen atoms in total. The number of aliphatic hydroxyl groups is 2. The van der Waals surface area contributed by atoms with Gasteiger partial charge in [0, 0.05) is 6.42 Å². The number of unbranched alkanes of at least 4 members (excludes halogenated alkanes) is 34. The zero-order chi connectivity index (χ0) is 46.7. The van der Waals surface area contributed by atoms with Crippen molar-refractivity contribution in [3.63, 3.8) is 0 Å². The summed E-state index contributed by atoms with van der Waals surface area (Å²) < 4.78 is 5.95. The number of allylic oxidation sites excluding steroid dienone is 6. The minimum absolute atomic E-state index is 0.0699. The predicted molar refractivity (Wildman–Crippen MR) is 278 cm³/mol. The summed E-state index contributed by atoms with van der Waals surface area (Å²) in [5.41, 5.74) is 0. The maximum absolute atomic E-state index is 13.3. The van der Waals surface area contributed by atoms with Gasteiger partial charge >= 0.3 is 5.97 Å². The maximum Gasteiger partial charge on any atom is 0.306 e. The molecule has 64 heavy (non-hydrogen) atoms. The van der Waals surface area contributed by atoms with Crippen molar-refractivity contribution in [2.75, 3.05) is 6.61 Å². The van der Waals surface area contributed by atoms with E-state index in [0.29, 0.717) is 19.3 Å². The summed E-state index contributed by atoms with van der Waals surface area (Å²) >= 11 is 0. The Kier molecular flexibility index (Phi) is 50.5. The molecule has 0 aliphatic heterocycles. The average Bonchev–Trinajstić information content (AvgIpc) is 3.29. The molecule has 0 aliphatic carbocycles. The van der Waals surface area contributed by atoms with Gasteiger partial charge in [0.25, 0.3) is 0 Å². The quantitative estimate of drug-likeness (QED) is 0.0245. The SMILES string of the molecule is CCCCC/C=C/C=C/CCCCCCCCC(=O)OC(CCCCCCC/C=C/CCCCCCCC)CC(=O)NC(CO)C(O)CCCCCCCCCCCCCCCCC. The number of carbonyl (C=O) groups excluding carboxylic acids is 2. The highest BCUT2D eigenvalue weighted by Gasteiger charge is 2.24. The molecule has 3 atom stereocenters. The Balaban J connectivity index is 4.57. The molecule has 0 saturated heterocycles. The molecule has 0 aliphatic rings. The Labute approximate surface area is 398 Å². The molecule has 1 amide bonds. The van der Waals surface area contributed by atoms with E-state index < -0.39 is 18.2 Å². The lowest BCUT2D eigenvalue weighted by Crippen LogP contribution is -2.46. The normalized spacial score (nSPS) is 13.4. The van der Waals surface area contributed by atoms with Gasteiger partial charge in [0.2, 0.25) is 5.91 Å². The molecular weight excluding hydrogens is 791 g/mol. The van der Waals surface area contributed by atoms with Crippen LogP contribution in [0.25, 0.3) is 0 Å². The van der Waals surface area contributed by atoms with Crippen molar-refractivity contribution in [3.05, 3.63) is 36.5 Å². The van der Waals surface area contributed by atoms with E-state index in [-0.39, 0.29) is 24.9 Å². The largest absolute Gasteiger partial charge is 0.462 e. The molecule has 0 saturated carbocycles. The average molecular weight is 901 g/mol. The second-order valence-corrected chi connectivity index (χ2v) is 19.4. The lowest BCUT2D eigenvalue weighted by Gasteiger charge is -2.24. The summed E-state index contributed by atoms with van der Waals surface area (Å²) in [5, 5.41) is 23.9. The van der Waals surface area contributed by atoms with Gasteiger partial charge in [0.15, 0.2) is 0 Å². The zero-order valence-electron chi connectivity index (χ0n) is 42.9. The highest BCUT2D eigenvalue weighted by atomic mass is 16.5. The van der Waals surface area contributed by atoms with Crippen molar-refractivity contribution in [2.24, 2.45) is 0 Å². The second-order valence-electron chi connectivity index (χ2n) is 19.4. The molecule has 0 aromatic carbocycles. The van der Waals surface area contributed by atoms with E-state index >= 15 is 0 Å². The van der Waals surface area contributed by atoms with Crippen LogP contribution in [0.2, 0.25) is 0 Å². The molecule has 3 unspecified atom stereocenters. The van der Waals surface area contributed by atoms with E-state index in [1.165, 1.54) is 186 Å². The third-order valence-corrected chi connectivity index (χ3v) is 13.0. The van der Waals surface area contributed by atoms with E-state index in [9.17, 15) is 19.8 Å². The Bertz CT molecular complexity index is 1060. The lowest BCUT2D eigenvalue weighted by atomic mass is 10.0. The standard InChI is InChI=1S/C58H109NO5/c1-4-7-10-13-16-19-22-25-28-31-34-37-40-43-46-49-54(64-58(63)51-48-45-42-39-36-33-30-27-24-21-18-15-12-9-6-3)52-57(62)59-55(53-60)56(61)50-47-44-41-38-35-32-29-26-23-20-17-14-11-8-5-2/h18,21,24-25,27-28,54-56,60-61H,4-17,19-20,22-23,26,29-53H2,1-3H3,(H,59,62)/b21-18+,27-24+,28-25+. The molecule has 376 valence electrons. The van der Waals surface area contributed by atoms with E-state index in [2.05, 4.69) is 62.5 Å². The second kappa shape index (κ2) is 52.1. The van der Waals surface area contributed by atoms with Gasteiger partial charge in [-0.1, -0.05) is 243 Å². The van der Waals surface area contributed by atoms with Crippen LogP contribution in [0.5, 0.6) is 0 Å². The maximum atomic E-state index is 13.3. The fourth-order valence-corrected chi connectivity index (χ4v) is 8.65. The smallest absolute Gasteiger partial charge is 0.306 e. The van der Waals surface area contributed by atoms with Crippen LogP contribution in [-0.4, -0.2) is 46.9 Å². The fourth-order valence-electron chi connectivity index (χ4n) is 8.65. The number of hydrogen-bond acceptors (Lipinski definition) is 5. The zero-order valence-corrected chi connectivity index (χ0v) is 42.9.